The number of aromatic nitrogens is 2. The van der Waals surface area contributed by atoms with Crippen molar-refractivity contribution >= 4 is 22.6 Å². The minimum Gasteiger partial charge on any atom is -0.304 e. The molecule has 140 valence electrons. The van der Waals surface area contributed by atoms with Crippen molar-refractivity contribution in [2.45, 2.75) is 19.8 Å². The molecule has 0 unspecified atom stereocenters. The molecule has 1 heterocycles. The van der Waals surface area contributed by atoms with Crippen LogP contribution in [0.25, 0.3) is 22.0 Å². The lowest BCUT2D eigenvalue weighted by Crippen LogP contribution is -2.14. The van der Waals surface area contributed by atoms with Crippen LogP contribution in [-0.4, -0.2) is 16.1 Å². The molecule has 0 aliphatic heterocycles. The van der Waals surface area contributed by atoms with E-state index in [9.17, 15) is 9.18 Å². The summed E-state index contributed by atoms with van der Waals surface area (Å²) in [5, 5.41) is 10.6. The molecule has 0 aliphatic rings. The van der Waals surface area contributed by atoms with Crippen LogP contribution in [0.4, 0.5) is 10.2 Å². The van der Waals surface area contributed by atoms with E-state index >= 15 is 0 Å². The Morgan fingerprint density at radius 1 is 1.00 bits per heavy atom. The van der Waals surface area contributed by atoms with Crippen LogP contribution in [0.2, 0.25) is 0 Å². The van der Waals surface area contributed by atoms with Crippen LogP contribution in [0.3, 0.4) is 0 Å². The zero-order valence-electron chi connectivity index (χ0n) is 15.7. The second-order valence-corrected chi connectivity index (χ2v) is 7.04. The summed E-state index contributed by atoms with van der Waals surface area (Å²) in [6.45, 7) is 4.34. The lowest BCUT2D eigenvalue weighted by Gasteiger charge is -2.07. The number of rotatable bonds is 4. The Morgan fingerprint density at radius 3 is 2.43 bits per heavy atom. The number of carbonyl (C=O) groups excluding carboxylic acids is 1. The predicted octanol–water partition coefficient (Wildman–Crippen LogP) is 5.74. The van der Waals surface area contributed by atoms with Crippen molar-refractivity contribution in [3.8, 4) is 11.1 Å². The molecule has 4 rings (SSSR count). The average Bonchev–Trinajstić information content (AvgIpc) is 3.10. The SMILES string of the molecule is CC(C)c1ccc(-c2ccc3c(NC(=O)c4ccccc4F)n[nH]c3c2)cc1. The molecular formula is C23H20FN3O. The van der Waals surface area contributed by atoms with Gasteiger partial charge in [-0.1, -0.05) is 56.3 Å². The molecule has 28 heavy (non-hydrogen) atoms. The first-order valence-corrected chi connectivity index (χ1v) is 9.17. The molecular weight excluding hydrogens is 353 g/mol. The summed E-state index contributed by atoms with van der Waals surface area (Å²) in [4.78, 5) is 12.3. The third kappa shape index (κ3) is 3.39. The summed E-state index contributed by atoms with van der Waals surface area (Å²) in [5.74, 6) is -0.221. The lowest BCUT2D eigenvalue weighted by molar-refractivity contribution is 0.102. The highest BCUT2D eigenvalue weighted by Gasteiger charge is 2.14. The van der Waals surface area contributed by atoms with Gasteiger partial charge in [-0.25, -0.2) is 4.39 Å². The van der Waals surface area contributed by atoms with Gasteiger partial charge in [0.15, 0.2) is 5.82 Å². The molecule has 5 heteroatoms. The Labute approximate surface area is 162 Å². The molecule has 0 bridgehead atoms. The predicted molar refractivity (Wildman–Crippen MR) is 110 cm³/mol. The summed E-state index contributed by atoms with van der Waals surface area (Å²) >= 11 is 0. The van der Waals surface area contributed by atoms with Gasteiger partial charge in [0, 0.05) is 5.39 Å². The summed E-state index contributed by atoms with van der Waals surface area (Å²) < 4.78 is 13.8. The quantitative estimate of drug-likeness (QED) is 0.479. The van der Waals surface area contributed by atoms with Crippen LogP contribution in [-0.2, 0) is 0 Å². The van der Waals surface area contributed by atoms with Gasteiger partial charge in [-0.15, -0.1) is 0 Å². The van der Waals surface area contributed by atoms with E-state index in [4.69, 9.17) is 0 Å². The van der Waals surface area contributed by atoms with Gasteiger partial charge in [0.05, 0.1) is 11.1 Å². The van der Waals surface area contributed by atoms with Crippen molar-refractivity contribution in [3.05, 3.63) is 83.7 Å². The zero-order chi connectivity index (χ0) is 19.7. The maximum absolute atomic E-state index is 13.8. The van der Waals surface area contributed by atoms with Crippen molar-refractivity contribution in [2.75, 3.05) is 5.32 Å². The molecule has 0 saturated carbocycles. The first-order valence-electron chi connectivity index (χ1n) is 9.17. The lowest BCUT2D eigenvalue weighted by atomic mass is 9.98. The van der Waals surface area contributed by atoms with Gasteiger partial charge in [0.2, 0.25) is 0 Å². The number of hydrogen-bond donors (Lipinski definition) is 2. The zero-order valence-corrected chi connectivity index (χ0v) is 15.7. The smallest absolute Gasteiger partial charge is 0.259 e. The molecule has 4 nitrogen and oxygen atoms in total. The molecule has 1 amide bonds. The third-order valence-corrected chi connectivity index (χ3v) is 4.82. The van der Waals surface area contributed by atoms with Gasteiger partial charge in [-0.05, 0) is 46.9 Å². The van der Waals surface area contributed by atoms with E-state index in [0.29, 0.717) is 11.7 Å². The van der Waals surface area contributed by atoms with Gasteiger partial charge in [-0.2, -0.15) is 5.10 Å². The number of amides is 1. The normalized spacial score (nSPS) is 11.1. The molecule has 0 aliphatic carbocycles. The van der Waals surface area contributed by atoms with Gasteiger partial charge in [0.1, 0.15) is 5.82 Å². The number of nitrogens with zero attached hydrogens (tertiary/aromatic N) is 1. The van der Waals surface area contributed by atoms with Gasteiger partial charge >= 0.3 is 0 Å². The standard InChI is InChI=1S/C23H20FN3O/c1-14(2)15-7-9-16(10-8-15)17-11-12-19-21(13-17)26-27-22(19)25-23(28)18-5-3-4-6-20(18)24/h3-14H,1-2H3,(H2,25,26,27,28). The van der Waals surface area contributed by atoms with E-state index in [1.165, 1.54) is 17.7 Å². The van der Waals surface area contributed by atoms with Gasteiger partial charge in [-0.3, -0.25) is 9.89 Å². The van der Waals surface area contributed by atoms with Crippen molar-refractivity contribution in [1.29, 1.82) is 0 Å². The third-order valence-electron chi connectivity index (χ3n) is 4.82. The Hall–Kier alpha value is -3.47. The molecule has 3 aromatic carbocycles. The minimum atomic E-state index is -0.563. The number of benzene rings is 3. The molecule has 0 spiro atoms. The molecule has 1 aromatic heterocycles. The highest BCUT2D eigenvalue weighted by atomic mass is 19.1. The van der Waals surface area contributed by atoms with Gasteiger partial charge < -0.3 is 5.32 Å². The molecule has 4 aromatic rings. The van der Waals surface area contributed by atoms with Crippen molar-refractivity contribution in [2.24, 2.45) is 0 Å². The topological polar surface area (TPSA) is 57.8 Å². The van der Waals surface area contributed by atoms with Crippen LogP contribution in [0.15, 0.2) is 66.7 Å². The monoisotopic (exact) mass is 373 g/mol. The Kier molecular flexibility index (Phi) is 4.65. The summed E-state index contributed by atoms with van der Waals surface area (Å²) in [6.07, 6.45) is 0. The molecule has 0 saturated heterocycles. The number of fused-ring (bicyclic) bond motifs is 1. The van der Waals surface area contributed by atoms with E-state index in [1.54, 1.807) is 12.1 Å². The van der Waals surface area contributed by atoms with Crippen LogP contribution >= 0.6 is 0 Å². The molecule has 0 radical (unpaired) electrons. The van der Waals surface area contributed by atoms with E-state index in [-0.39, 0.29) is 5.56 Å². The Morgan fingerprint density at radius 2 is 1.71 bits per heavy atom. The number of aromatic amines is 1. The second kappa shape index (κ2) is 7.27. The largest absolute Gasteiger partial charge is 0.304 e. The van der Waals surface area contributed by atoms with E-state index in [2.05, 4.69) is 53.6 Å². The number of anilines is 1. The fourth-order valence-corrected chi connectivity index (χ4v) is 3.18. The first-order chi connectivity index (χ1) is 13.5. The number of H-pyrrole nitrogens is 1. The van der Waals surface area contributed by atoms with E-state index < -0.39 is 11.7 Å². The summed E-state index contributed by atoms with van der Waals surface area (Å²) in [7, 11) is 0. The van der Waals surface area contributed by atoms with Crippen molar-refractivity contribution in [3.63, 3.8) is 0 Å². The van der Waals surface area contributed by atoms with Crippen LogP contribution in [0, 0.1) is 5.82 Å². The van der Waals surface area contributed by atoms with Crippen LogP contribution < -0.4 is 5.32 Å². The fraction of sp³-hybridized carbons (Fsp3) is 0.130. The highest BCUT2D eigenvalue weighted by Crippen LogP contribution is 2.28. The minimum absolute atomic E-state index is 0.0134. The first kappa shape index (κ1) is 17.9. The summed E-state index contributed by atoms with van der Waals surface area (Å²) in [5.41, 5.74) is 4.25. The molecule has 2 N–H and O–H groups in total. The molecule has 0 fully saturated rings. The second-order valence-electron chi connectivity index (χ2n) is 7.04. The summed E-state index contributed by atoms with van der Waals surface area (Å²) in [6, 6.07) is 20.2. The molecule has 0 atom stereocenters. The maximum Gasteiger partial charge on any atom is 0.259 e. The van der Waals surface area contributed by atoms with Gasteiger partial charge in [0.25, 0.3) is 5.91 Å². The van der Waals surface area contributed by atoms with Crippen molar-refractivity contribution < 1.29 is 9.18 Å². The highest BCUT2D eigenvalue weighted by molar-refractivity contribution is 6.08. The fourth-order valence-electron chi connectivity index (χ4n) is 3.18. The Bertz CT molecular complexity index is 1150. The number of hydrogen-bond acceptors (Lipinski definition) is 2. The number of carbonyl (C=O) groups is 1. The average molecular weight is 373 g/mol. The maximum atomic E-state index is 13.8. The Balaban J connectivity index is 1.61. The number of halogens is 1. The number of nitrogens with one attached hydrogen (secondary N) is 2. The van der Waals surface area contributed by atoms with E-state index in [0.717, 1.165) is 22.0 Å². The van der Waals surface area contributed by atoms with Crippen LogP contribution in [0.1, 0.15) is 35.7 Å². The van der Waals surface area contributed by atoms with Crippen molar-refractivity contribution in [1.82, 2.24) is 10.2 Å². The van der Waals surface area contributed by atoms with Crippen LogP contribution in [0.5, 0.6) is 0 Å². The van der Waals surface area contributed by atoms with E-state index in [1.807, 2.05) is 18.2 Å².